The maximum atomic E-state index is 13.0. The van der Waals surface area contributed by atoms with Crippen LogP contribution >= 0.6 is 11.6 Å². The van der Waals surface area contributed by atoms with E-state index in [-0.39, 0.29) is 24.4 Å². The van der Waals surface area contributed by atoms with Crippen molar-refractivity contribution >= 4 is 40.3 Å². The molecule has 7 nitrogen and oxygen atoms in total. The van der Waals surface area contributed by atoms with Crippen molar-refractivity contribution in [1.82, 2.24) is 9.88 Å². The fourth-order valence-corrected chi connectivity index (χ4v) is 4.30. The molecule has 0 spiro atoms. The number of fused-ring (bicyclic) bond motifs is 1. The Kier molecular flexibility index (Phi) is 7.43. The third-order valence-electron chi connectivity index (χ3n) is 5.88. The second-order valence-corrected chi connectivity index (χ2v) is 8.44. The van der Waals surface area contributed by atoms with Crippen LogP contribution in [-0.4, -0.2) is 54.0 Å². The first-order valence-electron chi connectivity index (χ1n) is 11.2. The highest BCUT2D eigenvalue weighted by Gasteiger charge is 2.28. The fourth-order valence-electron chi connectivity index (χ4n) is 4.07. The number of halogens is 1. The number of carbonyl (C=O) groups is 3. The molecular weight excluding hydrogens is 456 g/mol. The van der Waals surface area contributed by atoms with Gasteiger partial charge in [0.2, 0.25) is 0 Å². The van der Waals surface area contributed by atoms with E-state index in [0.29, 0.717) is 65.3 Å². The largest absolute Gasteiger partial charge is 0.466 e. The van der Waals surface area contributed by atoms with E-state index in [1.807, 2.05) is 36.4 Å². The summed E-state index contributed by atoms with van der Waals surface area (Å²) in [7, 11) is 0. The van der Waals surface area contributed by atoms with Gasteiger partial charge in [-0.3, -0.25) is 9.59 Å². The molecule has 1 saturated heterocycles. The third kappa shape index (κ3) is 5.20. The lowest BCUT2D eigenvalue weighted by Gasteiger charge is -2.30. The first kappa shape index (κ1) is 23.7. The number of benzene rings is 2. The Bertz CT molecular complexity index is 1220. The van der Waals surface area contributed by atoms with E-state index in [1.54, 1.807) is 30.0 Å². The van der Waals surface area contributed by atoms with E-state index in [2.05, 4.69) is 4.98 Å². The maximum absolute atomic E-state index is 13.0. The molecule has 34 heavy (non-hydrogen) atoms. The predicted molar refractivity (Wildman–Crippen MR) is 128 cm³/mol. The van der Waals surface area contributed by atoms with Crippen molar-refractivity contribution in [1.29, 1.82) is 0 Å². The third-order valence-corrected chi connectivity index (χ3v) is 6.21. The number of pyridine rings is 1. The molecule has 4 rings (SSSR count). The molecule has 0 saturated carbocycles. The second kappa shape index (κ2) is 10.7. The first-order valence-corrected chi connectivity index (χ1v) is 11.6. The zero-order valence-corrected chi connectivity index (χ0v) is 19.6. The topological polar surface area (TPSA) is 85.8 Å². The Labute approximate surface area is 202 Å². The van der Waals surface area contributed by atoms with Crippen molar-refractivity contribution in [3.05, 3.63) is 65.2 Å². The number of ether oxygens (including phenoxy) is 2. The number of likely N-dealkylation sites (tertiary alicyclic amines) is 1. The van der Waals surface area contributed by atoms with Gasteiger partial charge >= 0.3 is 11.9 Å². The van der Waals surface area contributed by atoms with Crippen LogP contribution in [-0.2, 0) is 19.1 Å². The van der Waals surface area contributed by atoms with Crippen LogP contribution in [0.4, 0.5) is 0 Å². The predicted octanol–water partition coefficient (Wildman–Crippen LogP) is 4.51. The van der Waals surface area contributed by atoms with Gasteiger partial charge in [0.1, 0.15) is 0 Å². The van der Waals surface area contributed by atoms with Crippen LogP contribution in [0.5, 0.6) is 0 Å². The Balaban J connectivity index is 1.47. The second-order valence-electron chi connectivity index (χ2n) is 8.04. The average molecular weight is 481 g/mol. The number of hydrogen-bond donors (Lipinski definition) is 0. The zero-order valence-electron chi connectivity index (χ0n) is 18.8. The Morgan fingerprint density at radius 2 is 1.74 bits per heavy atom. The number of hydrogen-bond acceptors (Lipinski definition) is 6. The molecule has 2 aromatic carbocycles. The van der Waals surface area contributed by atoms with E-state index in [9.17, 15) is 14.4 Å². The molecule has 0 atom stereocenters. The molecule has 3 aromatic rings. The summed E-state index contributed by atoms with van der Waals surface area (Å²) in [6.07, 6.45) is 1.07. The number of para-hydroxylation sites is 1. The molecule has 1 aliphatic heterocycles. The molecule has 1 fully saturated rings. The number of aromatic nitrogens is 1. The van der Waals surface area contributed by atoms with Crippen molar-refractivity contribution in [2.75, 3.05) is 26.3 Å². The Morgan fingerprint density at radius 1 is 1.03 bits per heavy atom. The van der Waals surface area contributed by atoms with E-state index in [0.717, 1.165) is 0 Å². The van der Waals surface area contributed by atoms with Crippen LogP contribution in [0.1, 0.15) is 30.1 Å². The Morgan fingerprint density at radius 3 is 2.47 bits per heavy atom. The number of nitrogens with zero attached hydrogens (tertiary/aromatic N) is 2. The molecular formula is C26H25ClN2O5. The lowest BCUT2D eigenvalue weighted by atomic mass is 9.97. The normalized spacial score (nSPS) is 14.1. The van der Waals surface area contributed by atoms with Crippen LogP contribution in [0.15, 0.2) is 54.6 Å². The van der Waals surface area contributed by atoms with Crippen LogP contribution in [0.2, 0.25) is 5.02 Å². The van der Waals surface area contributed by atoms with Crippen molar-refractivity contribution in [3.63, 3.8) is 0 Å². The summed E-state index contributed by atoms with van der Waals surface area (Å²) in [4.78, 5) is 43.8. The van der Waals surface area contributed by atoms with E-state index in [4.69, 9.17) is 21.1 Å². The minimum Gasteiger partial charge on any atom is -0.466 e. The van der Waals surface area contributed by atoms with Crippen LogP contribution < -0.4 is 0 Å². The summed E-state index contributed by atoms with van der Waals surface area (Å²) in [6, 6.07) is 16.2. The monoisotopic (exact) mass is 480 g/mol. The van der Waals surface area contributed by atoms with E-state index >= 15 is 0 Å². The highest BCUT2D eigenvalue weighted by molar-refractivity contribution is 6.33. The summed E-state index contributed by atoms with van der Waals surface area (Å²) in [5, 5.41) is 1.15. The van der Waals surface area contributed by atoms with Crippen LogP contribution in [0, 0.1) is 5.92 Å². The van der Waals surface area contributed by atoms with E-state index < -0.39 is 5.97 Å². The molecule has 0 radical (unpaired) electrons. The molecule has 1 aromatic heterocycles. The standard InChI is InChI=1S/C26H25ClN2O5/c1-2-33-25(31)17-11-13-29(14-12-17)24(30)16-34-26(32)20-15-23(19-8-3-5-9-21(19)27)28-22-10-6-4-7-18(20)22/h3-10,15,17H,2,11-14,16H2,1H3. The minimum atomic E-state index is -0.610. The van der Waals surface area contributed by atoms with Gasteiger partial charge in [-0.2, -0.15) is 0 Å². The van der Waals surface area contributed by atoms with Crippen molar-refractivity contribution in [2.24, 2.45) is 5.92 Å². The maximum Gasteiger partial charge on any atom is 0.339 e. The minimum absolute atomic E-state index is 0.196. The number of esters is 2. The van der Waals surface area contributed by atoms with Crippen LogP contribution in [0.25, 0.3) is 22.2 Å². The van der Waals surface area contributed by atoms with Crippen molar-refractivity contribution in [2.45, 2.75) is 19.8 Å². The zero-order chi connectivity index (χ0) is 24.1. The highest BCUT2D eigenvalue weighted by Crippen LogP contribution is 2.30. The molecule has 1 aliphatic rings. The van der Waals surface area contributed by atoms with Crippen LogP contribution in [0.3, 0.4) is 0 Å². The molecule has 2 heterocycles. The summed E-state index contributed by atoms with van der Waals surface area (Å²) in [5.74, 6) is -1.32. The van der Waals surface area contributed by atoms with Gasteiger partial charge in [0, 0.05) is 29.1 Å². The molecule has 0 N–H and O–H groups in total. The number of amides is 1. The quantitative estimate of drug-likeness (QED) is 0.482. The van der Waals surface area contributed by atoms with Gasteiger partial charge in [-0.15, -0.1) is 0 Å². The fraction of sp³-hybridized carbons (Fsp3) is 0.308. The lowest BCUT2D eigenvalue weighted by molar-refractivity contribution is -0.151. The highest BCUT2D eigenvalue weighted by atomic mass is 35.5. The summed E-state index contributed by atoms with van der Waals surface area (Å²) < 4.78 is 10.5. The molecule has 176 valence electrons. The van der Waals surface area contributed by atoms with E-state index in [1.165, 1.54) is 0 Å². The van der Waals surface area contributed by atoms with Crippen molar-refractivity contribution in [3.8, 4) is 11.3 Å². The number of piperidine rings is 1. The van der Waals surface area contributed by atoms with Crippen molar-refractivity contribution < 1.29 is 23.9 Å². The van der Waals surface area contributed by atoms with Gasteiger partial charge in [0.15, 0.2) is 6.61 Å². The molecule has 8 heteroatoms. The van der Waals surface area contributed by atoms with Gasteiger partial charge in [-0.1, -0.05) is 48.0 Å². The SMILES string of the molecule is CCOC(=O)C1CCN(C(=O)COC(=O)c2cc(-c3ccccc3Cl)nc3ccccc23)CC1. The lowest BCUT2D eigenvalue weighted by Crippen LogP contribution is -2.42. The van der Waals surface area contributed by atoms with Gasteiger partial charge in [0.05, 0.1) is 29.3 Å². The average Bonchev–Trinajstić information content (AvgIpc) is 2.87. The Hall–Kier alpha value is -3.45. The summed E-state index contributed by atoms with van der Waals surface area (Å²) in [6.45, 7) is 2.59. The summed E-state index contributed by atoms with van der Waals surface area (Å²) in [5.41, 5.74) is 2.18. The first-order chi connectivity index (χ1) is 16.5. The molecule has 1 amide bonds. The summed E-state index contributed by atoms with van der Waals surface area (Å²) >= 11 is 6.34. The number of rotatable bonds is 6. The van der Waals surface area contributed by atoms with Gasteiger partial charge < -0.3 is 14.4 Å². The van der Waals surface area contributed by atoms with Gasteiger partial charge in [-0.05, 0) is 38.0 Å². The molecule has 0 aliphatic carbocycles. The molecule has 0 unspecified atom stereocenters. The smallest absolute Gasteiger partial charge is 0.339 e. The molecule has 0 bridgehead atoms. The number of carbonyl (C=O) groups excluding carboxylic acids is 3. The van der Waals surface area contributed by atoms with Gasteiger partial charge in [-0.25, -0.2) is 9.78 Å². The van der Waals surface area contributed by atoms with Gasteiger partial charge in [0.25, 0.3) is 5.91 Å².